The summed E-state index contributed by atoms with van der Waals surface area (Å²) in [6.07, 6.45) is 2.06. The third-order valence-corrected chi connectivity index (χ3v) is 16.9. The van der Waals surface area contributed by atoms with Crippen LogP contribution in [0.15, 0.2) is 97.2 Å². The Bertz CT molecular complexity index is 1980. The number of methoxy groups -OCH3 is 2. The number of aromatic nitrogens is 2. The summed E-state index contributed by atoms with van der Waals surface area (Å²) < 4.78 is 43.0. The zero-order chi connectivity index (χ0) is 38.0. The summed E-state index contributed by atoms with van der Waals surface area (Å²) in [7, 11) is -1.01. The molecule has 2 atom stereocenters. The summed E-state index contributed by atoms with van der Waals surface area (Å²) in [4.78, 5) is 18.6. The number of hydrogen-bond donors (Lipinski definition) is 1. The number of nitrogens with one attached hydrogen (secondary N) is 1. The minimum atomic E-state index is -2.97. The number of amides is 1. The number of carbonyl (C=O) groups is 1. The molecule has 1 aliphatic carbocycles. The van der Waals surface area contributed by atoms with Crippen LogP contribution in [0, 0.1) is 5.92 Å². The molecule has 1 amide bonds. The van der Waals surface area contributed by atoms with Gasteiger partial charge in [-0.15, -0.1) is 0 Å². The fourth-order valence-electron chi connectivity index (χ4n) is 7.16. The van der Waals surface area contributed by atoms with Crippen LogP contribution < -0.4 is 25.2 Å². The van der Waals surface area contributed by atoms with Gasteiger partial charge in [0.15, 0.2) is 0 Å². The molecule has 11 heteroatoms. The molecule has 53 heavy (non-hydrogen) atoms. The first-order valence-electron chi connectivity index (χ1n) is 18.2. The van der Waals surface area contributed by atoms with E-state index in [1.54, 1.807) is 20.3 Å². The number of alkyl halides is 1. The van der Waals surface area contributed by atoms with Crippen molar-refractivity contribution in [1.29, 1.82) is 0 Å². The van der Waals surface area contributed by atoms with Crippen LogP contribution in [0.25, 0.3) is 22.2 Å². The molecule has 0 unspecified atom stereocenters. The standard InChI is InChI=1S/C42H52FN3O5Si2/c1-41(2,3)53(30-16-11-9-12-17-30,31-18-13-10-14-19-31)51-28-42(43)26-34(42)40(47)45-37-23-22-32-33(38-35(48-4)20-15-21-36(38)49-5)27-46(39(32)44-37)29-50-24-25-52(6,7)8/h9-23,27,34H,24-26,28-29H2,1-8H3,(H,44,45,47)/t34-,42-/m0/s1. The molecule has 0 aliphatic heterocycles. The molecule has 3 aromatic carbocycles. The minimum absolute atomic E-state index is 0.0817. The maximum Gasteiger partial charge on any atom is 0.261 e. The van der Waals surface area contributed by atoms with Crippen molar-refractivity contribution in [3.05, 3.63) is 97.2 Å². The summed E-state index contributed by atoms with van der Waals surface area (Å²) >= 11 is 0. The molecule has 1 fully saturated rings. The van der Waals surface area contributed by atoms with E-state index in [4.69, 9.17) is 23.6 Å². The van der Waals surface area contributed by atoms with Gasteiger partial charge in [-0.2, -0.15) is 0 Å². The number of pyridine rings is 1. The maximum atomic E-state index is 16.5. The molecule has 1 aliphatic rings. The number of carbonyl (C=O) groups excluding carboxylic acids is 1. The molecule has 2 heterocycles. The SMILES string of the molecule is COc1cccc(OC)c1-c1cn(COCC[Si](C)(C)C)c2nc(NC(=O)[C@@H]3C[C@]3(F)CO[Si](c3ccccc3)(c3ccccc3)C(C)(C)C)ccc12. The third kappa shape index (κ3) is 7.99. The topological polar surface area (TPSA) is 83.8 Å². The second-order valence-electron chi connectivity index (χ2n) is 16.2. The highest BCUT2D eigenvalue weighted by Gasteiger charge is 2.62. The largest absolute Gasteiger partial charge is 0.496 e. The van der Waals surface area contributed by atoms with Crippen LogP contribution >= 0.6 is 0 Å². The molecule has 2 aromatic heterocycles. The molecule has 8 nitrogen and oxygen atoms in total. The first kappa shape index (κ1) is 38.4. The Hall–Kier alpha value is -4.30. The van der Waals surface area contributed by atoms with Crippen LogP contribution in [0.4, 0.5) is 10.2 Å². The fourth-order valence-corrected chi connectivity index (χ4v) is 12.5. The second-order valence-corrected chi connectivity index (χ2v) is 26.1. The number of halogens is 1. The van der Waals surface area contributed by atoms with Gasteiger partial charge in [-0.25, -0.2) is 9.37 Å². The molecule has 0 spiro atoms. The van der Waals surface area contributed by atoms with E-state index < -0.39 is 33.9 Å². The Balaban J connectivity index is 1.26. The van der Waals surface area contributed by atoms with Gasteiger partial charge in [0.2, 0.25) is 5.91 Å². The summed E-state index contributed by atoms with van der Waals surface area (Å²) in [5.41, 5.74) is 0.484. The fraction of sp³-hybridized carbons (Fsp3) is 0.381. The monoisotopic (exact) mass is 753 g/mol. The van der Waals surface area contributed by atoms with Crippen molar-refractivity contribution in [3.63, 3.8) is 0 Å². The summed E-state index contributed by atoms with van der Waals surface area (Å²) in [5, 5.41) is 5.59. The highest BCUT2D eigenvalue weighted by Crippen LogP contribution is 2.50. The second kappa shape index (κ2) is 15.2. The molecule has 1 saturated carbocycles. The Morgan fingerprint density at radius 3 is 2.06 bits per heavy atom. The molecule has 0 saturated heterocycles. The number of fused-ring (bicyclic) bond motifs is 1. The average molecular weight is 754 g/mol. The molecule has 280 valence electrons. The molecular formula is C42H52FN3O5Si2. The molecular weight excluding hydrogens is 702 g/mol. The van der Waals surface area contributed by atoms with Crippen LogP contribution in [0.2, 0.25) is 30.7 Å². The van der Waals surface area contributed by atoms with Gasteiger partial charge in [-0.05, 0) is 52.1 Å². The lowest BCUT2D eigenvalue weighted by molar-refractivity contribution is -0.118. The van der Waals surface area contributed by atoms with Crippen LogP contribution in [0.3, 0.4) is 0 Å². The average Bonchev–Trinajstić information content (AvgIpc) is 3.69. The first-order chi connectivity index (χ1) is 25.2. The van der Waals surface area contributed by atoms with Gasteiger partial charge in [0, 0.05) is 31.8 Å². The van der Waals surface area contributed by atoms with Crippen molar-refractivity contribution in [2.45, 2.75) is 70.3 Å². The van der Waals surface area contributed by atoms with E-state index in [0.29, 0.717) is 29.6 Å². The van der Waals surface area contributed by atoms with Gasteiger partial charge in [0.1, 0.15) is 35.4 Å². The van der Waals surface area contributed by atoms with E-state index in [2.05, 4.69) is 70.0 Å². The zero-order valence-electron chi connectivity index (χ0n) is 32.2. The van der Waals surface area contributed by atoms with Crippen LogP contribution in [-0.4, -0.2) is 65.0 Å². The van der Waals surface area contributed by atoms with Crippen LogP contribution in [0.1, 0.15) is 27.2 Å². The van der Waals surface area contributed by atoms with Gasteiger partial charge < -0.3 is 28.5 Å². The molecule has 1 N–H and O–H groups in total. The molecule has 0 bridgehead atoms. The van der Waals surface area contributed by atoms with Crippen LogP contribution in [-0.2, 0) is 20.7 Å². The minimum Gasteiger partial charge on any atom is -0.496 e. The van der Waals surface area contributed by atoms with Crippen molar-refractivity contribution < 1.29 is 27.8 Å². The number of hydrogen-bond acceptors (Lipinski definition) is 6. The Labute approximate surface area is 314 Å². The van der Waals surface area contributed by atoms with E-state index in [-0.39, 0.29) is 24.8 Å². The molecule has 6 rings (SSSR count). The van der Waals surface area contributed by atoms with Gasteiger partial charge in [0.05, 0.1) is 32.3 Å². The summed E-state index contributed by atoms with van der Waals surface area (Å²) in [5.74, 6) is 0.386. The van der Waals surface area contributed by atoms with E-state index in [1.807, 2.05) is 71.4 Å². The first-order valence-corrected chi connectivity index (χ1v) is 23.9. The number of anilines is 1. The smallest absolute Gasteiger partial charge is 0.261 e. The van der Waals surface area contributed by atoms with Crippen molar-refractivity contribution in [1.82, 2.24) is 9.55 Å². The van der Waals surface area contributed by atoms with E-state index in [9.17, 15) is 4.79 Å². The van der Waals surface area contributed by atoms with Crippen molar-refractivity contribution >= 4 is 49.5 Å². The lowest BCUT2D eigenvalue weighted by atomic mass is 10.0. The van der Waals surface area contributed by atoms with Gasteiger partial charge in [0.25, 0.3) is 8.32 Å². The predicted octanol–water partition coefficient (Wildman–Crippen LogP) is 8.28. The lowest BCUT2D eigenvalue weighted by Gasteiger charge is -2.43. The number of rotatable bonds is 15. The Kier molecular flexibility index (Phi) is 11.0. The normalized spacial score (nSPS) is 17.5. The number of benzene rings is 3. The number of nitrogens with zero attached hydrogens (tertiary/aromatic N) is 2. The predicted molar refractivity (Wildman–Crippen MR) is 217 cm³/mol. The van der Waals surface area contributed by atoms with Crippen LogP contribution in [0.5, 0.6) is 11.5 Å². The number of ether oxygens (including phenoxy) is 3. The molecule has 0 radical (unpaired) electrons. The van der Waals surface area contributed by atoms with Gasteiger partial charge in [-0.3, -0.25) is 4.79 Å². The maximum absolute atomic E-state index is 16.5. The van der Waals surface area contributed by atoms with Crippen molar-refractivity contribution in [2.75, 3.05) is 32.8 Å². The zero-order valence-corrected chi connectivity index (χ0v) is 34.2. The Morgan fingerprint density at radius 1 is 0.906 bits per heavy atom. The van der Waals surface area contributed by atoms with E-state index in [1.165, 1.54) is 0 Å². The Morgan fingerprint density at radius 2 is 1.51 bits per heavy atom. The quantitative estimate of drug-likeness (QED) is 0.0857. The van der Waals surface area contributed by atoms with Gasteiger partial charge >= 0.3 is 0 Å². The summed E-state index contributed by atoms with van der Waals surface area (Å²) in [6.45, 7) is 14.2. The van der Waals surface area contributed by atoms with E-state index in [0.717, 1.165) is 32.9 Å². The van der Waals surface area contributed by atoms with Crippen molar-refractivity contribution in [2.24, 2.45) is 5.92 Å². The highest BCUT2D eigenvalue weighted by molar-refractivity contribution is 6.99. The van der Waals surface area contributed by atoms with E-state index >= 15 is 4.39 Å². The van der Waals surface area contributed by atoms with Gasteiger partial charge in [-0.1, -0.05) is 107 Å². The third-order valence-electron chi connectivity index (χ3n) is 10.2. The molecule has 5 aromatic rings. The lowest BCUT2D eigenvalue weighted by Crippen LogP contribution is -2.67. The summed E-state index contributed by atoms with van der Waals surface area (Å²) in [6, 6.07) is 30.7. The van der Waals surface area contributed by atoms with Crippen molar-refractivity contribution in [3.8, 4) is 22.6 Å². The highest BCUT2D eigenvalue weighted by atomic mass is 28.4.